The van der Waals surface area contributed by atoms with Gasteiger partial charge in [0.2, 0.25) is 10.0 Å². The maximum absolute atomic E-state index is 12.3. The summed E-state index contributed by atoms with van der Waals surface area (Å²) in [7, 11) is -0.656. The number of hydrogen-bond donors (Lipinski definition) is 1. The summed E-state index contributed by atoms with van der Waals surface area (Å²) in [4.78, 5) is 0.0193. The summed E-state index contributed by atoms with van der Waals surface area (Å²) in [5, 5.41) is 0.172. The van der Waals surface area contributed by atoms with E-state index >= 15 is 0 Å². The first kappa shape index (κ1) is 15.2. The number of halogens is 1. The quantitative estimate of drug-likeness (QED) is 0.835. The first-order valence-corrected chi connectivity index (χ1v) is 7.13. The van der Waals surface area contributed by atoms with Gasteiger partial charge in [-0.2, -0.15) is 4.31 Å². The van der Waals surface area contributed by atoms with Gasteiger partial charge < -0.3 is 10.5 Å². The van der Waals surface area contributed by atoms with E-state index in [-0.39, 0.29) is 16.5 Å². The van der Waals surface area contributed by atoms with Gasteiger partial charge in [0.15, 0.2) is 0 Å². The average Bonchev–Trinajstić information content (AvgIpc) is 2.30. The van der Waals surface area contributed by atoms with Crippen LogP contribution >= 0.6 is 11.6 Å². The molecule has 2 N–H and O–H groups in total. The number of rotatable bonds is 5. The zero-order chi connectivity index (χ0) is 13.9. The smallest absolute Gasteiger partial charge is 0.244 e. The minimum Gasteiger partial charge on any atom is -0.398 e. The number of likely N-dealkylation sites (N-methyl/N-ethyl adjacent to an activating group) is 1. The largest absolute Gasteiger partial charge is 0.398 e. The van der Waals surface area contributed by atoms with E-state index in [1.165, 1.54) is 24.5 Å². The molecular formula is C11H17ClN2O3S. The summed E-state index contributed by atoms with van der Waals surface area (Å²) in [6.45, 7) is 2.34. The summed E-state index contributed by atoms with van der Waals surface area (Å²) >= 11 is 5.97. The van der Waals surface area contributed by atoms with Crippen LogP contribution in [-0.2, 0) is 14.8 Å². The van der Waals surface area contributed by atoms with Gasteiger partial charge in [-0.25, -0.2) is 8.42 Å². The van der Waals surface area contributed by atoms with Crippen molar-refractivity contribution in [3.63, 3.8) is 0 Å². The molecule has 0 bridgehead atoms. The van der Waals surface area contributed by atoms with Gasteiger partial charge in [0.1, 0.15) is 4.90 Å². The molecule has 0 heterocycles. The Labute approximate surface area is 113 Å². The minimum absolute atomic E-state index is 0.0193. The highest BCUT2D eigenvalue weighted by Crippen LogP contribution is 2.28. The topological polar surface area (TPSA) is 72.6 Å². The van der Waals surface area contributed by atoms with Crippen LogP contribution in [0.5, 0.6) is 0 Å². The Balaban J connectivity index is 3.16. The Bertz CT molecular complexity index is 531. The molecule has 0 amide bonds. The molecule has 0 spiro atoms. The monoisotopic (exact) mass is 292 g/mol. The molecule has 18 heavy (non-hydrogen) atoms. The predicted molar refractivity (Wildman–Crippen MR) is 72.3 cm³/mol. The van der Waals surface area contributed by atoms with Crippen molar-refractivity contribution in [2.45, 2.75) is 11.8 Å². The van der Waals surface area contributed by atoms with Crippen LogP contribution in [0.4, 0.5) is 5.69 Å². The van der Waals surface area contributed by atoms with E-state index in [1.807, 2.05) is 0 Å². The molecule has 0 aliphatic heterocycles. The average molecular weight is 293 g/mol. The molecule has 1 rings (SSSR count). The lowest BCUT2D eigenvalue weighted by molar-refractivity contribution is 0.185. The molecule has 5 nitrogen and oxygen atoms in total. The fourth-order valence-corrected chi connectivity index (χ4v) is 3.12. The summed E-state index contributed by atoms with van der Waals surface area (Å²) in [6.07, 6.45) is 0. The SMILES string of the molecule is COCCN(C)S(=O)(=O)c1cc(N)c(C)cc1Cl. The molecule has 0 fully saturated rings. The van der Waals surface area contributed by atoms with E-state index in [9.17, 15) is 8.42 Å². The van der Waals surface area contributed by atoms with Crippen molar-refractivity contribution in [2.24, 2.45) is 0 Å². The Morgan fingerprint density at radius 3 is 2.61 bits per heavy atom. The standard InChI is InChI=1S/C11H17ClN2O3S/c1-8-6-9(12)11(7-10(8)13)18(15,16)14(2)4-5-17-3/h6-7H,4-5,13H2,1-3H3. The number of ether oxygens (including phenoxy) is 1. The lowest BCUT2D eigenvalue weighted by Gasteiger charge is -2.18. The molecule has 0 aliphatic rings. The van der Waals surface area contributed by atoms with Gasteiger partial charge in [0, 0.05) is 26.4 Å². The van der Waals surface area contributed by atoms with Crippen molar-refractivity contribution in [1.29, 1.82) is 0 Å². The van der Waals surface area contributed by atoms with Crippen molar-refractivity contribution >= 4 is 27.3 Å². The predicted octanol–water partition coefficient (Wildman–Crippen LogP) is 1.50. The van der Waals surface area contributed by atoms with Gasteiger partial charge in [-0.3, -0.25) is 0 Å². The van der Waals surface area contributed by atoms with E-state index in [4.69, 9.17) is 22.1 Å². The van der Waals surface area contributed by atoms with Gasteiger partial charge in [-0.1, -0.05) is 11.6 Å². The highest BCUT2D eigenvalue weighted by atomic mass is 35.5. The highest BCUT2D eigenvalue weighted by molar-refractivity contribution is 7.89. The fourth-order valence-electron chi connectivity index (χ4n) is 1.37. The van der Waals surface area contributed by atoms with E-state index in [0.29, 0.717) is 12.3 Å². The number of hydrogen-bond acceptors (Lipinski definition) is 4. The number of anilines is 1. The maximum atomic E-state index is 12.3. The number of benzene rings is 1. The number of nitrogen functional groups attached to an aromatic ring is 1. The van der Waals surface area contributed by atoms with Crippen LogP contribution in [0.2, 0.25) is 5.02 Å². The summed E-state index contributed by atoms with van der Waals surface area (Å²) in [5.74, 6) is 0. The van der Waals surface area contributed by atoms with Gasteiger partial charge >= 0.3 is 0 Å². The third kappa shape index (κ3) is 3.14. The molecule has 7 heteroatoms. The van der Waals surface area contributed by atoms with Crippen molar-refractivity contribution in [2.75, 3.05) is 33.0 Å². The number of methoxy groups -OCH3 is 1. The molecule has 0 aromatic heterocycles. The Hall–Kier alpha value is -0.820. The lowest BCUT2D eigenvalue weighted by Crippen LogP contribution is -2.30. The van der Waals surface area contributed by atoms with E-state index in [2.05, 4.69) is 0 Å². The van der Waals surface area contributed by atoms with Crippen molar-refractivity contribution < 1.29 is 13.2 Å². The van der Waals surface area contributed by atoms with Gasteiger partial charge in [-0.15, -0.1) is 0 Å². The molecule has 0 unspecified atom stereocenters. The molecule has 0 saturated carbocycles. The molecule has 0 atom stereocenters. The lowest BCUT2D eigenvalue weighted by atomic mass is 10.2. The van der Waals surface area contributed by atoms with Crippen LogP contribution in [0.25, 0.3) is 0 Å². The first-order valence-electron chi connectivity index (χ1n) is 5.31. The van der Waals surface area contributed by atoms with Gasteiger partial charge in [0.05, 0.1) is 11.6 Å². The number of sulfonamides is 1. The van der Waals surface area contributed by atoms with Gasteiger partial charge in [-0.05, 0) is 24.6 Å². The Kier molecular flexibility index (Phi) is 4.98. The molecule has 1 aromatic carbocycles. The van der Waals surface area contributed by atoms with E-state index in [0.717, 1.165) is 5.56 Å². The second-order valence-corrected chi connectivity index (χ2v) is 6.38. The molecule has 0 radical (unpaired) electrons. The van der Waals surface area contributed by atoms with Crippen LogP contribution in [0.3, 0.4) is 0 Å². The second-order valence-electron chi connectivity index (χ2n) is 3.96. The van der Waals surface area contributed by atoms with Crippen LogP contribution in [0, 0.1) is 6.92 Å². The molecule has 102 valence electrons. The first-order chi connectivity index (χ1) is 8.30. The van der Waals surface area contributed by atoms with Gasteiger partial charge in [0.25, 0.3) is 0 Å². The Morgan fingerprint density at radius 1 is 1.44 bits per heavy atom. The van der Waals surface area contributed by atoms with Crippen LogP contribution < -0.4 is 5.73 Å². The summed E-state index contributed by atoms with van der Waals surface area (Å²) in [5.41, 5.74) is 6.87. The number of nitrogens with two attached hydrogens (primary N) is 1. The molecule has 1 aromatic rings. The zero-order valence-corrected chi connectivity index (χ0v) is 12.2. The van der Waals surface area contributed by atoms with Crippen LogP contribution in [-0.4, -0.2) is 40.0 Å². The third-order valence-electron chi connectivity index (χ3n) is 2.62. The third-order valence-corrected chi connectivity index (χ3v) is 4.94. The fraction of sp³-hybridized carbons (Fsp3) is 0.455. The zero-order valence-electron chi connectivity index (χ0n) is 10.6. The molecule has 0 saturated heterocycles. The van der Waals surface area contributed by atoms with Crippen molar-refractivity contribution in [3.05, 3.63) is 22.7 Å². The highest BCUT2D eigenvalue weighted by Gasteiger charge is 2.24. The van der Waals surface area contributed by atoms with Crippen molar-refractivity contribution in [1.82, 2.24) is 4.31 Å². The number of aryl methyl sites for hydroxylation is 1. The van der Waals surface area contributed by atoms with Crippen LogP contribution in [0.1, 0.15) is 5.56 Å². The van der Waals surface area contributed by atoms with E-state index < -0.39 is 10.0 Å². The maximum Gasteiger partial charge on any atom is 0.244 e. The normalized spacial score (nSPS) is 12.1. The summed E-state index contributed by atoms with van der Waals surface area (Å²) < 4.78 is 30.5. The van der Waals surface area contributed by atoms with E-state index in [1.54, 1.807) is 13.0 Å². The minimum atomic E-state index is -3.64. The molecule has 0 aliphatic carbocycles. The van der Waals surface area contributed by atoms with Crippen LogP contribution in [0.15, 0.2) is 17.0 Å². The van der Waals surface area contributed by atoms with Crippen molar-refractivity contribution in [3.8, 4) is 0 Å². The molecular weight excluding hydrogens is 276 g/mol. The second kappa shape index (κ2) is 5.88. The number of nitrogens with zero attached hydrogens (tertiary/aromatic N) is 1. The summed E-state index contributed by atoms with van der Waals surface area (Å²) in [6, 6.07) is 2.93. The Morgan fingerprint density at radius 2 is 2.06 bits per heavy atom.